The lowest BCUT2D eigenvalue weighted by Gasteiger charge is -2.37. The summed E-state index contributed by atoms with van der Waals surface area (Å²) >= 11 is 0. The first kappa shape index (κ1) is 21.6. The number of nitrogens with one attached hydrogen (secondary N) is 2. The van der Waals surface area contributed by atoms with E-state index in [0.29, 0.717) is 30.9 Å². The number of halogens is 1. The van der Waals surface area contributed by atoms with Crippen LogP contribution in [0.4, 0.5) is 26.2 Å². The van der Waals surface area contributed by atoms with Crippen molar-refractivity contribution in [2.75, 3.05) is 41.7 Å². The van der Waals surface area contributed by atoms with Gasteiger partial charge in [0.15, 0.2) is 0 Å². The minimum atomic E-state index is -0.431. The maximum atomic E-state index is 13.2. The molecular weight excluding hydrogens is 383 g/mol. The number of hydrogen-bond donors (Lipinski definition) is 2. The summed E-state index contributed by atoms with van der Waals surface area (Å²) in [5, 5.41) is 5.34. The van der Waals surface area contributed by atoms with Crippen molar-refractivity contribution in [3.8, 4) is 0 Å². The van der Waals surface area contributed by atoms with Crippen molar-refractivity contribution < 1.29 is 14.0 Å². The van der Waals surface area contributed by atoms with Crippen LogP contribution in [0, 0.1) is 11.2 Å². The summed E-state index contributed by atoms with van der Waals surface area (Å²) in [6, 6.07) is 12.9. The molecule has 0 bridgehead atoms. The van der Waals surface area contributed by atoms with Gasteiger partial charge in [0.05, 0.1) is 0 Å². The third-order valence-corrected chi connectivity index (χ3v) is 4.89. The molecule has 1 aliphatic heterocycles. The van der Waals surface area contributed by atoms with Crippen molar-refractivity contribution in [3.05, 3.63) is 54.3 Å². The molecule has 0 aliphatic carbocycles. The maximum absolute atomic E-state index is 13.2. The molecule has 2 aromatic carbocycles. The molecule has 1 aliphatic rings. The lowest BCUT2D eigenvalue weighted by molar-refractivity contribution is -0.133. The quantitative estimate of drug-likeness (QED) is 0.774. The van der Waals surface area contributed by atoms with Gasteiger partial charge >= 0.3 is 6.03 Å². The minimum absolute atomic E-state index is 0.00197. The number of piperazine rings is 1. The molecule has 1 heterocycles. The van der Waals surface area contributed by atoms with Gasteiger partial charge in [0.1, 0.15) is 5.82 Å². The fraction of sp³-hybridized carbons (Fsp3) is 0.391. The summed E-state index contributed by atoms with van der Waals surface area (Å²) in [4.78, 5) is 28.7. The maximum Gasteiger partial charge on any atom is 0.323 e. The Morgan fingerprint density at radius 3 is 2.17 bits per heavy atom. The van der Waals surface area contributed by atoms with Crippen LogP contribution in [-0.4, -0.2) is 43.0 Å². The fourth-order valence-corrected chi connectivity index (χ4v) is 3.39. The molecule has 2 N–H and O–H groups in total. The van der Waals surface area contributed by atoms with Gasteiger partial charge in [0, 0.05) is 49.7 Å². The summed E-state index contributed by atoms with van der Waals surface area (Å²) in [5.41, 5.74) is 2.08. The zero-order valence-electron chi connectivity index (χ0n) is 17.7. The highest BCUT2D eigenvalue weighted by atomic mass is 19.1. The Hall–Kier alpha value is -3.09. The van der Waals surface area contributed by atoms with Crippen molar-refractivity contribution in [2.24, 2.45) is 5.41 Å². The average molecular weight is 413 g/mol. The number of urea groups is 1. The van der Waals surface area contributed by atoms with Crippen LogP contribution in [0.1, 0.15) is 27.2 Å². The number of amides is 3. The number of rotatable bonds is 4. The molecule has 0 unspecified atom stereocenters. The molecule has 3 amide bonds. The van der Waals surface area contributed by atoms with Gasteiger partial charge in [0.25, 0.3) is 0 Å². The molecule has 0 radical (unpaired) electrons. The topological polar surface area (TPSA) is 64.7 Å². The first-order valence-electron chi connectivity index (χ1n) is 10.2. The van der Waals surface area contributed by atoms with Gasteiger partial charge in [-0.25, -0.2) is 9.18 Å². The molecular formula is C23H29FN4O2. The summed E-state index contributed by atoms with van der Waals surface area (Å²) in [7, 11) is 0. The van der Waals surface area contributed by atoms with Gasteiger partial charge in [-0.15, -0.1) is 0 Å². The van der Waals surface area contributed by atoms with Crippen LogP contribution in [-0.2, 0) is 4.79 Å². The van der Waals surface area contributed by atoms with Gasteiger partial charge in [-0.1, -0.05) is 26.8 Å². The molecule has 2 aromatic rings. The second-order valence-corrected chi connectivity index (χ2v) is 8.74. The van der Waals surface area contributed by atoms with Crippen molar-refractivity contribution in [3.63, 3.8) is 0 Å². The molecule has 160 valence electrons. The SMILES string of the molecule is CC(C)(C)CC(=O)N1CCN(c2ccc(NC(=O)Nc3cccc(F)c3)cc2)CC1. The normalized spacial score (nSPS) is 14.4. The Balaban J connectivity index is 1.50. The Morgan fingerprint density at radius 1 is 0.933 bits per heavy atom. The summed E-state index contributed by atoms with van der Waals surface area (Å²) in [5.74, 6) is -0.191. The zero-order chi connectivity index (χ0) is 21.7. The first-order valence-corrected chi connectivity index (χ1v) is 10.2. The van der Waals surface area contributed by atoms with Crippen LogP contribution in [0.3, 0.4) is 0 Å². The third kappa shape index (κ3) is 6.20. The van der Waals surface area contributed by atoms with E-state index < -0.39 is 11.8 Å². The van der Waals surface area contributed by atoms with E-state index in [-0.39, 0.29) is 11.3 Å². The molecule has 6 nitrogen and oxygen atoms in total. The Kier molecular flexibility index (Phi) is 6.59. The van der Waals surface area contributed by atoms with Gasteiger partial charge < -0.3 is 20.4 Å². The van der Waals surface area contributed by atoms with Gasteiger partial charge in [0.2, 0.25) is 5.91 Å². The highest BCUT2D eigenvalue weighted by Gasteiger charge is 2.24. The van der Waals surface area contributed by atoms with Gasteiger partial charge in [-0.2, -0.15) is 0 Å². The molecule has 0 atom stereocenters. The Morgan fingerprint density at radius 2 is 1.57 bits per heavy atom. The zero-order valence-corrected chi connectivity index (χ0v) is 17.7. The van der Waals surface area contributed by atoms with Crippen LogP contribution < -0.4 is 15.5 Å². The van der Waals surface area contributed by atoms with Gasteiger partial charge in [-0.05, 0) is 47.9 Å². The predicted octanol–water partition coefficient (Wildman–Crippen LogP) is 4.55. The summed E-state index contributed by atoms with van der Waals surface area (Å²) in [6.07, 6.45) is 0.561. The van der Waals surface area contributed by atoms with E-state index in [1.54, 1.807) is 6.07 Å². The lowest BCUT2D eigenvalue weighted by Crippen LogP contribution is -2.49. The van der Waals surface area contributed by atoms with E-state index in [0.717, 1.165) is 18.8 Å². The Bertz CT molecular complexity index is 885. The van der Waals surface area contributed by atoms with Crippen LogP contribution in [0.5, 0.6) is 0 Å². The van der Waals surface area contributed by atoms with E-state index >= 15 is 0 Å². The highest BCUT2D eigenvalue weighted by Crippen LogP contribution is 2.23. The second kappa shape index (κ2) is 9.15. The van der Waals surface area contributed by atoms with Crippen molar-refractivity contribution in [1.82, 2.24) is 4.90 Å². The monoisotopic (exact) mass is 412 g/mol. The van der Waals surface area contributed by atoms with E-state index in [1.165, 1.54) is 18.2 Å². The standard InChI is InChI=1S/C23H29FN4O2/c1-23(2,3)16-21(29)28-13-11-27(12-14-28)20-9-7-18(8-10-20)25-22(30)26-19-6-4-5-17(24)15-19/h4-10,15H,11-14,16H2,1-3H3,(H2,25,26,30). The second-order valence-electron chi connectivity index (χ2n) is 8.74. The number of hydrogen-bond acceptors (Lipinski definition) is 3. The van der Waals surface area contributed by atoms with Crippen LogP contribution in [0.15, 0.2) is 48.5 Å². The van der Waals surface area contributed by atoms with Crippen molar-refractivity contribution in [1.29, 1.82) is 0 Å². The first-order chi connectivity index (χ1) is 14.2. The smallest absolute Gasteiger partial charge is 0.323 e. The van der Waals surface area contributed by atoms with E-state index in [2.05, 4.69) is 36.3 Å². The van der Waals surface area contributed by atoms with E-state index in [4.69, 9.17) is 0 Å². The van der Waals surface area contributed by atoms with Crippen molar-refractivity contribution >= 4 is 29.0 Å². The molecule has 7 heteroatoms. The molecule has 1 fully saturated rings. The third-order valence-electron chi connectivity index (χ3n) is 4.89. The largest absolute Gasteiger partial charge is 0.368 e. The molecule has 3 rings (SSSR count). The minimum Gasteiger partial charge on any atom is -0.368 e. The summed E-state index contributed by atoms with van der Waals surface area (Å²) in [6.45, 7) is 9.22. The fourth-order valence-electron chi connectivity index (χ4n) is 3.39. The molecule has 0 spiro atoms. The molecule has 0 aromatic heterocycles. The number of anilines is 3. The molecule has 1 saturated heterocycles. The van der Waals surface area contributed by atoms with Crippen LogP contribution >= 0.6 is 0 Å². The predicted molar refractivity (Wildman–Crippen MR) is 118 cm³/mol. The number of carbonyl (C=O) groups is 2. The van der Waals surface area contributed by atoms with Crippen molar-refractivity contribution in [2.45, 2.75) is 27.2 Å². The average Bonchev–Trinajstić information content (AvgIpc) is 2.67. The number of carbonyl (C=O) groups excluding carboxylic acids is 2. The number of nitrogens with zero attached hydrogens (tertiary/aromatic N) is 2. The van der Waals surface area contributed by atoms with E-state index in [9.17, 15) is 14.0 Å². The number of benzene rings is 2. The molecule has 30 heavy (non-hydrogen) atoms. The lowest BCUT2D eigenvalue weighted by atomic mass is 9.91. The molecule has 0 saturated carbocycles. The van der Waals surface area contributed by atoms with Crippen LogP contribution in [0.2, 0.25) is 0 Å². The van der Waals surface area contributed by atoms with E-state index in [1.807, 2.05) is 29.2 Å². The Labute approximate surface area is 177 Å². The van der Waals surface area contributed by atoms with Crippen LogP contribution in [0.25, 0.3) is 0 Å². The highest BCUT2D eigenvalue weighted by molar-refractivity contribution is 5.99. The van der Waals surface area contributed by atoms with Gasteiger partial charge in [-0.3, -0.25) is 4.79 Å². The summed E-state index contributed by atoms with van der Waals surface area (Å²) < 4.78 is 13.2.